The van der Waals surface area contributed by atoms with Gasteiger partial charge in [0, 0.05) is 13.1 Å². The van der Waals surface area contributed by atoms with E-state index in [1.54, 1.807) is 38.1 Å². The van der Waals surface area contributed by atoms with E-state index in [1.165, 1.54) is 6.08 Å². The van der Waals surface area contributed by atoms with Crippen LogP contribution in [0.4, 0.5) is 4.79 Å². The number of urea groups is 1. The summed E-state index contributed by atoms with van der Waals surface area (Å²) in [6.07, 6.45) is 1.94. The lowest BCUT2D eigenvalue weighted by Gasteiger charge is -2.18. The molecule has 0 heterocycles. The third kappa shape index (κ3) is 4.05. The third-order valence-corrected chi connectivity index (χ3v) is 2.63. The van der Waals surface area contributed by atoms with Gasteiger partial charge in [-0.05, 0) is 25.5 Å². The Hall–Kier alpha value is -2.43. The summed E-state index contributed by atoms with van der Waals surface area (Å²) in [5.74, 6) is -0.600. The van der Waals surface area contributed by atoms with Gasteiger partial charge in [-0.1, -0.05) is 30.3 Å². The van der Waals surface area contributed by atoms with Crippen molar-refractivity contribution in [1.82, 2.24) is 10.2 Å². The number of hydrogen-bond acceptors (Lipinski definition) is 3. The number of aldehydes is 1. The first-order valence-corrected chi connectivity index (χ1v) is 6.45. The number of amides is 3. The summed E-state index contributed by atoms with van der Waals surface area (Å²) in [5.41, 5.74) is 0.680. The molecular weight excluding hydrogens is 256 g/mol. The molecular formula is C15H18N2O3. The third-order valence-electron chi connectivity index (χ3n) is 2.63. The van der Waals surface area contributed by atoms with Gasteiger partial charge in [0.05, 0.1) is 5.57 Å². The van der Waals surface area contributed by atoms with Crippen LogP contribution < -0.4 is 5.32 Å². The van der Waals surface area contributed by atoms with Gasteiger partial charge in [-0.25, -0.2) is 4.79 Å². The Morgan fingerprint density at radius 2 is 1.85 bits per heavy atom. The summed E-state index contributed by atoms with van der Waals surface area (Å²) >= 11 is 0. The first-order valence-electron chi connectivity index (χ1n) is 6.45. The molecule has 1 aromatic carbocycles. The molecule has 1 N–H and O–H groups in total. The molecule has 0 aliphatic carbocycles. The maximum atomic E-state index is 12.2. The van der Waals surface area contributed by atoms with Crippen molar-refractivity contribution in [3.05, 3.63) is 41.5 Å². The van der Waals surface area contributed by atoms with Crippen molar-refractivity contribution < 1.29 is 14.4 Å². The Balaban J connectivity index is 2.99. The van der Waals surface area contributed by atoms with Gasteiger partial charge in [0.2, 0.25) is 0 Å². The molecule has 1 aromatic rings. The number of likely N-dealkylation sites (N-methyl/N-ethyl adjacent to an activating group) is 1. The fourth-order valence-corrected chi connectivity index (χ4v) is 1.66. The summed E-state index contributed by atoms with van der Waals surface area (Å²) < 4.78 is 0. The number of carbonyl (C=O) groups excluding carboxylic acids is 3. The topological polar surface area (TPSA) is 66.5 Å². The van der Waals surface area contributed by atoms with E-state index in [-0.39, 0.29) is 12.1 Å². The fourth-order valence-electron chi connectivity index (χ4n) is 1.66. The molecule has 1 rings (SSSR count). The zero-order chi connectivity index (χ0) is 15.0. The van der Waals surface area contributed by atoms with E-state index in [1.807, 2.05) is 6.07 Å². The molecule has 0 spiro atoms. The summed E-state index contributed by atoms with van der Waals surface area (Å²) in [6.45, 7) is 4.06. The van der Waals surface area contributed by atoms with Crippen molar-refractivity contribution >= 4 is 24.3 Å². The van der Waals surface area contributed by atoms with Crippen LogP contribution in [-0.2, 0) is 9.59 Å². The Morgan fingerprint density at radius 1 is 1.20 bits per heavy atom. The lowest BCUT2D eigenvalue weighted by atomic mass is 10.1. The average Bonchev–Trinajstić information content (AvgIpc) is 2.46. The Morgan fingerprint density at radius 3 is 2.35 bits per heavy atom. The van der Waals surface area contributed by atoms with E-state index in [2.05, 4.69) is 5.32 Å². The van der Waals surface area contributed by atoms with Crippen LogP contribution in [0.25, 0.3) is 6.08 Å². The highest BCUT2D eigenvalue weighted by atomic mass is 16.2. The second-order valence-corrected chi connectivity index (χ2v) is 4.01. The smallest absolute Gasteiger partial charge is 0.324 e. The van der Waals surface area contributed by atoms with Crippen LogP contribution in [0, 0.1) is 0 Å². The van der Waals surface area contributed by atoms with Gasteiger partial charge in [0.1, 0.15) is 0 Å². The lowest BCUT2D eigenvalue weighted by molar-refractivity contribution is -0.125. The summed E-state index contributed by atoms with van der Waals surface area (Å²) in [7, 11) is 0. The van der Waals surface area contributed by atoms with Gasteiger partial charge in [-0.15, -0.1) is 0 Å². The zero-order valence-electron chi connectivity index (χ0n) is 11.6. The molecule has 5 nitrogen and oxygen atoms in total. The van der Waals surface area contributed by atoms with Crippen molar-refractivity contribution in [2.45, 2.75) is 13.8 Å². The lowest BCUT2D eigenvalue weighted by Crippen LogP contribution is -2.44. The SMILES string of the molecule is CCNC(=O)N(CC)C(=O)C(C=O)=Cc1ccccc1. The quantitative estimate of drug-likeness (QED) is 0.385. The zero-order valence-corrected chi connectivity index (χ0v) is 11.6. The summed E-state index contributed by atoms with van der Waals surface area (Å²) in [6, 6.07) is 8.51. The van der Waals surface area contributed by atoms with Gasteiger partial charge in [-0.3, -0.25) is 14.5 Å². The minimum absolute atomic E-state index is 0.0516. The second kappa shape index (κ2) is 7.89. The molecule has 0 aliphatic heterocycles. The van der Waals surface area contributed by atoms with E-state index < -0.39 is 11.9 Å². The fraction of sp³-hybridized carbons (Fsp3) is 0.267. The van der Waals surface area contributed by atoms with Crippen LogP contribution in [0.3, 0.4) is 0 Å². The largest absolute Gasteiger partial charge is 0.338 e. The highest BCUT2D eigenvalue weighted by molar-refractivity contribution is 6.18. The highest BCUT2D eigenvalue weighted by Crippen LogP contribution is 2.08. The van der Waals surface area contributed by atoms with Crippen molar-refractivity contribution in [2.75, 3.05) is 13.1 Å². The average molecular weight is 274 g/mol. The van der Waals surface area contributed by atoms with Gasteiger partial charge in [0.25, 0.3) is 5.91 Å². The minimum atomic E-state index is -0.600. The summed E-state index contributed by atoms with van der Waals surface area (Å²) in [5, 5.41) is 2.54. The maximum Gasteiger partial charge on any atom is 0.324 e. The number of hydrogen-bond donors (Lipinski definition) is 1. The number of benzene rings is 1. The predicted molar refractivity (Wildman–Crippen MR) is 76.9 cm³/mol. The van der Waals surface area contributed by atoms with Crippen LogP contribution in [0.2, 0.25) is 0 Å². The predicted octanol–water partition coefficient (Wildman–Crippen LogP) is 1.85. The number of imide groups is 1. The normalized spacial score (nSPS) is 10.8. The Bertz CT molecular complexity index is 509. The van der Waals surface area contributed by atoms with Crippen molar-refractivity contribution in [3.63, 3.8) is 0 Å². The first kappa shape index (κ1) is 15.6. The monoisotopic (exact) mass is 274 g/mol. The van der Waals surface area contributed by atoms with E-state index in [4.69, 9.17) is 0 Å². The second-order valence-electron chi connectivity index (χ2n) is 4.01. The van der Waals surface area contributed by atoms with E-state index in [0.717, 1.165) is 10.5 Å². The van der Waals surface area contributed by atoms with Crippen LogP contribution in [-0.4, -0.2) is 36.2 Å². The van der Waals surface area contributed by atoms with Gasteiger partial charge < -0.3 is 5.32 Å². The molecule has 0 aromatic heterocycles. The van der Waals surface area contributed by atoms with Crippen LogP contribution in [0.1, 0.15) is 19.4 Å². The molecule has 20 heavy (non-hydrogen) atoms. The molecule has 0 aliphatic rings. The van der Waals surface area contributed by atoms with Gasteiger partial charge >= 0.3 is 6.03 Å². The molecule has 3 amide bonds. The van der Waals surface area contributed by atoms with Gasteiger partial charge in [0.15, 0.2) is 6.29 Å². The molecule has 0 bridgehead atoms. The first-order chi connectivity index (χ1) is 9.63. The van der Waals surface area contributed by atoms with E-state index in [0.29, 0.717) is 12.8 Å². The molecule has 0 saturated heterocycles. The van der Waals surface area contributed by atoms with Crippen LogP contribution >= 0.6 is 0 Å². The highest BCUT2D eigenvalue weighted by Gasteiger charge is 2.22. The van der Waals surface area contributed by atoms with Crippen molar-refractivity contribution in [1.29, 1.82) is 0 Å². The van der Waals surface area contributed by atoms with Gasteiger partial charge in [-0.2, -0.15) is 0 Å². The van der Waals surface area contributed by atoms with Crippen molar-refractivity contribution in [3.8, 4) is 0 Å². The van der Waals surface area contributed by atoms with Crippen LogP contribution in [0.5, 0.6) is 0 Å². The molecule has 106 valence electrons. The molecule has 0 saturated carbocycles. The van der Waals surface area contributed by atoms with Crippen LogP contribution in [0.15, 0.2) is 35.9 Å². The minimum Gasteiger partial charge on any atom is -0.338 e. The Labute approximate surface area is 118 Å². The maximum absolute atomic E-state index is 12.2. The standard InChI is InChI=1S/C15H18N2O3/c1-3-16-15(20)17(4-2)14(19)13(11-18)10-12-8-6-5-7-9-12/h5-11H,3-4H2,1-2H3,(H,16,20). The molecule has 5 heteroatoms. The van der Waals surface area contributed by atoms with E-state index in [9.17, 15) is 14.4 Å². The number of nitrogens with one attached hydrogen (secondary N) is 1. The molecule has 0 radical (unpaired) electrons. The molecule has 0 unspecified atom stereocenters. The van der Waals surface area contributed by atoms with Crippen molar-refractivity contribution in [2.24, 2.45) is 0 Å². The molecule has 0 fully saturated rings. The number of rotatable bonds is 5. The summed E-state index contributed by atoms with van der Waals surface area (Å²) in [4.78, 5) is 36.0. The van der Waals surface area contributed by atoms with E-state index >= 15 is 0 Å². The Kier molecular flexibility index (Phi) is 6.16. The molecule has 0 atom stereocenters. The number of carbonyl (C=O) groups is 3. The number of nitrogens with zero attached hydrogens (tertiary/aromatic N) is 1.